The van der Waals surface area contributed by atoms with Gasteiger partial charge in [0.25, 0.3) is 0 Å². The standard InChI is InChI=1S/C21H27N5O/c27-20-12-15-4-1-2-7-18(15)26(20)25-11-9-22-13-19(25)24-10-8-23-14-21(24)16-5-3-6-17(16)21/h1-2,4-5,7,17,19,22-23H,3,6,8-14H2. The molecule has 1 amide bonds. The van der Waals surface area contributed by atoms with Gasteiger partial charge in [0.05, 0.1) is 23.8 Å². The van der Waals surface area contributed by atoms with E-state index < -0.39 is 0 Å². The second kappa shape index (κ2) is 5.88. The van der Waals surface area contributed by atoms with Crippen LogP contribution in [-0.2, 0) is 11.2 Å². The van der Waals surface area contributed by atoms with E-state index in [0.29, 0.717) is 6.42 Å². The largest absolute Gasteiger partial charge is 0.313 e. The molecule has 3 atom stereocenters. The molecular weight excluding hydrogens is 338 g/mol. The molecule has 3 fully saturated rings. The van der Waals surface area contributed by atoms with Gasteiger partial charge in [-0.1, -0.05) is 24.3 Å². The maximum Gasteiger partial charge on any atom is 0.246 e. The van der Waals surface area contributed by atoms with Crippen LogP contribution in [0.15, 0.2) is 35.9 Å². The Morgan fingerprint density at radius 3 is 2.89 bits per heavy atom. The first kappa shape index (κ1) is 16.2. The third-order valence-electron chi connectivity index (χ3n) is 7.23. The van der Waals surface area contributed by atoms with Crippen LogP contribution in [0.2, 0.25) is 0 Å². The fourth-order valence-corrected chi connectivity index (χ4v) is 6.07. The van der Waals surface area contributed by atoms with Crippen LogP contribution in [0.4, 0.5) is 5.69 Å². The predicted molar refractivity (Wildman–Crippen MR) is 104 cm³/mol. The highest BCUT2D eigenvalue weighted by atomic mass is 16.2. The predicted octanol–water partition coefficient (Wildman–Crippen LogP) is 0.716. The fraction of sp³-hybridized carbons (Fsp3) is 0.571. The molecule has 5 aliphatic rings. The van der Waals surface area contributed by atoms with E-state index in [9.17, 15) is 4.79 Å². The quantitative estimate of drug-likeness (QED) is 0.757. The number of rotatable bonds is 2. The van der Waals surface area contributed by atoms with Crippen molar-refractivity contribution in [2.75, 3.05) is 44.3 Å². The zero-order chi connectivity index (χ0) is 18.0. The molecule has 6 rings (SSSR count). The number of fused-ring (bicyclic) bond motifs is 4. The molecule has 1 aromatic rings. The molecule has 142 valence electrons. The average Bonchev–Trinajstić information content (AvgIpc) is 3.07. The van der Waals surface area contributed by atoms with E-state index >= 15 is 0 Å². The van der Waals surface area contributed by atoms with Crippen LogP contribution < -0.4 is 15.6 Å². The summed E-state index contributed by atoms with van der Waals surface area (Å²) in [7, 11) is 0. The molecule has 0 bridgehead atoms. The van der Waals surface area contributed by atoms with Gasteiger partial charge in [0.1, 0.15) is 0 Å². The molecule has 27 heavy (non-hydrogen) atoms. The van der Waals surface area contributed by atoms with Gasteiger partial charge in [0.15, 0.2) is 0 Å². The lowest BCUT2D eigenvalue weighted by molar-refractivity contribution is -0.124. The Balaban J connectivity index is 1.37. The molecule has 1 spiro atoms. The van der Waals surface area contributed by atoms with Crippen molar-refractivity contribution in [1.82, 2.24) is 20.5 Å². The lowest BCUT2D eigenvalue weighted by atomic mass is 10.0. The average molecular weight is 365 g/mol. The molecule has 1 saturated carbocycles. The number of nitrogens with one attached hydrogen (secondary N) is 2. The minimum atomic E-state index is 0.195. The smallest absolute Gasteiger partial charge is 0.246 e. The van der Waals surface area contributed by atoms with Gasteiger partial charge in [-0.2, -0.15) is 5.01 Å². The van der Waals surface area contributed by atoms with Crippen molar-refractivity contribution in [3.05, 3.63) is 41.5 Å². The van der Waals surface area contributed by atoms with Crippen LogP contribution >= 0.6 is 0 Å². The second-order valence-electron chi connectivity index (χ2n) is 8.44. The number of amides is 1. The number of anilines is 1. The molecule has 6 nitrogen and oxygen atoms in total. The first-order valence-electron chi connectivity index (χ1n) is 10.4. The molecule has 3 aliphatic heterocycles. The van der Waals surface area contributed by atoms with Gasteiger partial charge in [0, 0.05) is 45.2 Å². The molecule has 2 saturated heterocycles. The zero-order valence-electron chi connectivity index (χ0n) is 15.7. The summed E-state index contributed by atoms with van der Waals surface area (Å²) in [5.74, 6) is 0.929. The molecule has 3 unspecified atom stereocenters. The summed E-state index contributed by atoms with van der Waals surface area (Å²) >= 11 is 0. The van der Waals surface area contributed by atoms with Crippen molar-refractivity contribution in [2.45, 2.75) is 31.0 Å². The lowest BCUT2D eigenvalue weighted by Crippen LogP contribution is -2.70. The number of carbonyl (C=O) groups is 1. The van der Waals surface area contributed by atoms with Gasteiger partial charge in [-0.15, -0.1) is 0 Å². The SMILES string of the molecule is O=C1Cc2ccccc2N1N1CCNCC1N1CCNCC12C1=CCCC12. The number of piperazine rings is 2. The second-order valence-corrected chi connectivity index (χ2v) is 8.44. The Labute approximate surface area is 160 Å². The van der Waals surface area contributed by atoms with Gasteiger partial charge in [-0.05, 0) is 30.0 Å². The van der Waals surface area contributed by atoms with E-state index in [2.05, 4.69) is 38.8 Å². The molecule has 3 heterocycles. The van der Waals surface area contributed by atoms with Crippen molar-refractivity contribution < 1.29 is 4.79 Å². The van der Waals surface area contributed by atoms with Crippen LogP contribution in [0, 0.1) is 5.92 Å². The fourth-order valence-electron chi connectivity index (χ4n) is 6.07. The summed E-state index contributed by atoms with van der Waals surface area (Å²) in [6.45, 7) is 5.82. The van der Waals surface area contributed by atoms with Gasteiger partial charge >= 0.3 is 0 Å². The van der Waals surface area contributed by atoms with Crippen molar-refractivity contribution in [2.24, 2.45) is 5.92 Å². The topological polar surface area (TPSA) is 50.9 Å². The number of para-hydroxylation sites is 1. The monoisotopic (exact) mass is 365 g/mol. The molecule has 0 aromatic heterocycles. The summed E-state index contributed by atoms with van der Waals surface area (Å²) < 4.78 is 0. The van der Waals surface area contributed by atoms with E-state index in [1.165, 1.54) is 12.8 Å². The number of hydrazine groups is 1. The molecule has 0 radical (unpaired) electrons. The molecule has 1 aromatic carbocycles. The maximum absolute atomic E-state index is 13.0. The van der Waals surface area contributed by atoms with Gasteiger partial charge < -0.3 is 10.6 Å². The minimum Gasteiger partial charge on any atom is -0.313 e. The van der Waals surface area contributed by atoms with Crippen LogP contribution in [0.3, 0.4) is 0 Å². The van der Waals surface area contributed by atoms with Crippen molar-refractivity contribution in [1.29, 1.82) is 0 Å². The van der Waals surface area contributed by atoms with E-state index in [4.69, 9.17) is 0 Å². The maximum atomic E-state index is 13.0. The number of carbonyl (C=O) groups excluding carboxylic acids is 1. The summed E-state index contributed by atoms with van der Waals surface area (Å²) in [5.41, 5.74) is 4.07. The zero-order valence-corrected chi connectivity index (χ0v) is 15.7. The van der Waals surface area contributed by atoms with Gasteiger partial charge in [-0.25, -0.2) is 5.01 Å². The third-order valence-corrected chi connectivity index (χ3v) is 7.23. The Morgan fingerprint density at radius 2 is 2.00 bits per heavy atom. The van der Waals surface area contributed by atoms with E-state index in [0.717, 1.165) is 56.4 Å². The van der Waals surface area contributed by atoms with Crippen molar-refractivity contribution in [3.8, 4) is 0 Å². The number of hydrogen-bond acceptors (Lipinski definition) is 5. The lowest BCUT2D eigenvalue weighted by Gasteiger charge is -2.51. The molecule has 2 aliphatic carbocycles. The summed E-state index contributed by atoms with van der Waals surface area (Å²) in [6.07, 6.45) is 5.75. The van der Waals surface area contributed by atoms with Crippen LogP contribution in [0.5, 0.6) is 0 Å². The van der Waals surface area contributed by atoms with Gasteiger partial charge in [0.2, 0.25) is 5.91 Å². The number of benzene rings is 1. The summed E-state index contributed by atoms with van der Waals surface area (Å²) in [4.78, 5) is 15.7. The molecule has 6 heteroatoms. The Morgan fingerprint density at radius 1 is 1.11 bits per heavy atom. The van der Waals surface area contributed by atoms with E-state index in [1.54, 1.807) is 5.57 Å². The number of hydrogen-bond donors (Lipinski definition) is 2. The van der Waals surface area contributed by atoms with E-state index in [1.807, 2.05) is 17.1 Å². The highest BCUT2D eigenvalue weighted by Crippen LogP contribution is 2.61. The third kappa shape index (κ3) is 2.18. The Hall–Kier alpha value is -1.73. The Kier molecular flexibility index (Phi) is 3.54. The van der Waals surface area contributed by atoms with Crippen LogP contribution in [0.25, 0.3) is 0 Å². The highest BCUT2D eigenvalue weighted by Gasteiger charge is 2.66. The van der Waals surface area contributed by atoms with Gasteiger partial charge in [-0.3, -0.25) is 9.69 Å². The summed E-state index contributed by atoms with van der Waals surface area (Å²) in [6, 6.07) is 8.27. The first-order valence-corrected chi connectivity index (χ1v) is 10.4. The van der Waals surface area contributed by atoms with Crippen molar-refractivity contribution in [3.63, 3.8) is 0 Å². The molecule has 2 N–H and O–H groups in total. The number of allylic oxidation sites excluding steroid dienone is 1. The highest BCUT2D eigenvalue weighted by molar-refractivity contribution is 6.00. The van der Waals surface area contributed by atoms with Crippen molar-refractivity contribution >= 4 is 11.6 Å². The van der Waals surface area contributed by atoms with E-state index in [-0.39, 0.29) is 17.6 Å². The summed E-state index contributed by atoms with van der Waals surface area (Å²) in [5, 5.41) is 11.6. The van der Waals surface area contributed by atoms with Crippen LogP contribution in [-0.4, -0.2) is 66.8 Å². The number of nitrogens with zero attached hydrogens (tertiary/aromatic N) is 3. The molecular formula is C21H27N5O. The Bertz CT molecular complexity index is 823. The normalized spacial score (nSPS) is 36.1. The first-order chi connectivity index (χ1) is 13.3. The van der Waals surface area contributed by atoms with Crippen LogP contribution in [0.1, 0.15) is 18.4 Å². The minimum absolute atomic E-state index is 0.195.